The van der Waals surface area contributed by atoms with E-state index in [0.717, 1.165) is 36.8 Å². The van der Waals surface area contributed by atoms with Crippen molar-refractivity contribution in [1.82, 2.24) is 14.3 Å². The maximum atomic E-state index is 13.7. The summed E-state index contributed by atoms with van der Waals surface area (Å²) >= 11 is 0. The highest BCUT2D eigenvalue weighted by molar-refractivity contribution is 7.89. The Morgan fingerprint density at radius 3 is 2.74 bits per heavy atom. The molecule has 2 unspecified atom stereocenters. The maximum Gasteiger partial charge on any atom is 0.259 e. The van der Waals surface area contributed by atoms with Crippen LogP contribution in [0.15, 0.2) is 60.0 Å². The van der Waals surface area contributed by atoms with Crippen LogP contribution in [-0.2, 0) is 36.5 Å². The van der Waals surface area contributed by atoms with E-state index in [2.05, 4.69) is 28.8 Å². The predicted octanol–water partition coefficient (Wildman–Crippen LogP) is 4.34. The third-order valence-corrected chi connectivity index (χ3v) is 7.37. The molecule has 1 aromatic heterocycles. The van der Waals surface area contributed by atoms with Crippen molar-refractivity contribution in [3.05, 3.63) is 83.1 Å². The van der Waals surface area contributed by atoms with Gasteiger partial charge in [0.25, 0.3) is 10.0 Å². The molecule has 0 amide bonds. The molecular formula is C24H28FN3O2S. The second-order valence-corrected chi connectivity index (χ2v) is 10.1. The standard InChI is InChI=1S/C24H28FN3O2S/c1-3-5-19-13-20-9-8-18(14-27-31(29,30)24-15-28(2)16-26-24)12-23(20)22(19)11-17-6-4-7-21(25)10-17/h4,6-10,12,15-16,19,22,27H,3,5,11,13-14H2,1-2H3. The zero-order valence-corrected chi connectivity index (χ0v) is 18.7. The zero-order valence-electron chi connectivity index (χ0n) is 17.9. The third kappa shape index (κ3) is 4.88. The van der Waals surface area contributed by atoms with Gasteiger partial charge in [0.2, 0.25) is 0 Å². The molecule has 1 N–H and O–H groups in total. The number of sulfonamides is 1. The van der Waals surface area contributed by atoms with Crippen LogP contribution in [0.1, 0.15) is 47.9 Å². The lowest BCUT2D eigenvalue weighted by atomic mass is 9.84. The number of rotatable bonds is 8. The second-order valence-electron chi connectivity index (χ2n) is 8.43. The topological polar surface area (TPSA) is 64.0 Å². The molecule has 0 aliphatic heterocycles. The van der Waals surface area contributed by atoms with Gasteiger partial charge in [-0.2, -0.15) is 0 Å². The van der Waals surface area contributed by atoms with E-state index in [-0.39, 0.29) is 17.4 Å². The number of nitrogens with zero attached hydrogens (tertiary/aromatic N) is 2. The molecule has 3 aromatic rings. The third-order valence-electron chi connectivity index (χ3n) is 6.09. The summed E-state index contributed by atoms with van der Waals surface area (Å²) in [6, 6.07) is 13.1. The van der Waals surface area contributed by atoms with Gasteiger partial charge in [0.15, 0.2) is 5.03 Å². The highest BCUT2D eigenvalue weighted by Crippen LogP contribution is 2.42. The van der Waals surface area contributed by atoms with Crippen LogP contribution in [0.4, 0.5) is 4.39 Å². The van der Waals surface area contributed by atoms with Crippen molar-refractivity contribution in [2.75, 3.05) is 0 Å². The number of imidazole rings is 1. The highest BCUT2D eigenvalue weighted by Gasteiger charge is 2.32. The van der Waals surface area contributed by atoms with E-state index in [0.29, 0.717) is 11.8 Å². The van der Waals surface area contributed by atoms with Gasteiger partial charge in [0.1, 0.15) is 5.82 Å². The molecule has 1 aliphatic rings. The Morgan fingerprint density at radius 2 is 2.03 bits per heavy atom. The smallest absolute Gasteiger partial charge is 0.259 e. The fourth-order valence-corrected chi connectivity index (χ4v) is 5.61. The molecule has 5 nitrogen and oxygen atoms in total. The predicted molar refractivity (Wildman–Crippen MR) is 119 cm³/mol. The number of aromatic nitrogens is 2. The minimum absolute atomic E-state index is 0.0168. The molecule has 0 spiro atoms. The Labute approximate surface area is 183 Å². The van der Waals surface area contributed by atoms with Crippen LogP contribution in [-0.4, -0.2) is 18.0 Å². The quantitative estimate of drug-likeness (QED) is 0.566. The van der Waals surface area contributed by atoms with Crippen LogP contribution < -0.4 is 4.72 Å². The van der Waals surface area contributed by atoms with Gasteiger partial charge < -0.3 is 4.57 Å². The molecule has 0 radical (unpaired) electrons. The van der Waals surface area contributed by atoms with Crippen LogP contribution in [0.2, 0.25) is 0 Å². The molecule has 0 saturated carbocycles. The molecule has 164 valence electrons. The summed E-state index contributed by atoms with van der Waals surface area (Å²) in [5, 5.41) is 0.0168. The minimum atomic E-state index is -3.66. The van der Waals surface area contributed by atoms with Crippen molar-refractivity contribution in [2.45, 2.75) is 50.1 Å². The van der Waals surface area contributed by atoms with E-state index in [1.165, 1.54) is 29.7 Å². The van der Waals surface area contributed by atoms with Crippen molar-refractivity contribution in [3.63, 3.8) is 0 Å². The fraction of sp³-hybridized carbons (Fsp3) is 0.375. The van der Waals surface area contributed by atoms with E-state index >= 15 is 0 Å². The SMILES string of the molecule is CCCC1Cc2ccc(CNS(=O)(=O)c3cn(C)cn3)cc2C1Cc1cccc(F)c1. The van der Waals surface area contributed by atoms with Crippen molar-refractivity contribution < 1.29 is 12.8 Å². The molecule has 31 heavy (non-hydrogen) atoms. The first-order chi connectivity index (χ1) is 14.9. The van der Waals surface area contributed by atoms with Crippen LogP contribution in [0.3, 0.4) is 0 Å². The van der Waals surface area contributed by atoms with Gasteiger partial charge in [0.05, 0.1) is 6.33 Å². The number of nitrogens with one attached hydrogen (secondary N) is 1. The summed E-state index contributed by atoms with van der Waals surface area (Å²) in [5.74, 6) is 0.619. The molecule has 1 aliphatic carbocycles. The average Bonchev–Trinajstić information content (AvgIpc) is 3.31. The maximum absolute atomic E-state index is 13.7. The van der Waals surface area contributed by atoms with Gasteiger partial charge in [-0.3, -0.25) is 0 Å². The summed E-state index contributed by atoms with van der Waals surface area (Å²) in [7, 11) is -1.93. The van der Waals surface area contributed by atoms with E-state index in [9.17, 15) is 12.8 Å². The second kappa shape index (κ2) is 8.93. The molecule has 4 rings (SSSR count). The Morgan fingerprint density at radius 1 is 1.19 bits per heavy atom. The molecule has 0 bridgehead atoms. The number of hydrogen-bond donors (Lipinski definition) is 1. The first-order valence-corrected chi connectivity index (χ1v) is 12.2. The Kier molecular flexibility index (Phi) is 6.25. The van der Waals surface area contributed by atoms with Crippen LogP contribution >= 0.6 is 0 Å². The van der Waals surface area contributed by atoms with Gasteiger partial charge in [-0.05, 0) is 65.5 Å². The van der Waals surface area contributed by atoms with E-state index in [1.54, 1.807) is 23.7 Å². The number of hydrogen-bond acceptors (Lipinski definition) is 3. The zero-order chi connectivity index (χ0) is 22.0. The lowest BCUT2D eigenvalue weighted by Crippen LogP contribution is -2.23. The van der Waals surface area contributed by atoms with Crippen molar-refractivity contribution in [2.24, 2.45) is 13.0 Å². The summed E-state index contributed by atoms with van der Waals surface area (Å²) in [5.41, 5.74) is 4.49. The van der Waals surface area contributed by atoms with E-state index in [1.807, 2.05) is 12.1 Å². The van der Waals surface area contributed by atoms with E-state index < -0.39 is 10.0 Å². The minimum Gasteiger partial charge on any atom is -0.339 e. The van der Waals surface area contributed by atoms with Crippen LogP contribution in [0.25, 0.3) is 0 Å². The molecule has 0 saturated heterocycles. The van der Waals surface area contributed by atoms with Crippen molar-refractivity contribution in [3.8, 4) is 0 Å². The van der Waals surface area contributed by atoms with Gasteiger partial charge in [-0.1, -0.05) is 43.7 Å². The lowest BCUT2D eigenvalue weighted by molar-refractivity contribution is 0.418. The Hall–Kier alpha value is -2.51. The lowest BCUT2D eigenvalue weighted by Gasteiger charge is -2.21. The number of benzene rings is 2. The summed E-state index contributed by atoms with van der Waals surface area (Å²) in [6.45, 7) is 2.40. The van der Waals surface area contributed by atoms with Crippen LogP contribution in [0.5, 0.6) is 0 Å². The number of halogens is 1. The summed E-state index contributed by atoms with van der Waals surface area (Å²) < 4.78 is 43.0. The van der Waals surface area contributed by atoms with Gasteiger partial charge in [-0.25, -0.2) is 22.5 Å². The molecule has 2 atom stereocenters. The Bertz CT molecular complexity index is 1170. The molecule has 7 heteroatoms. The average molecular weight is 442 g/mol. The number of aryl methyl sites for hydroxylation is 1. The molecule has 2 aromatic carbocycles. The summed E-state index contributed by atoms with van der Waals surface area (Å²) in [4.78, 5) is 3.94. The monoisotopic (exact) mass is 441 g/mol. The van der Waals surface area contributed by atoms with Gasteiger partial charge in [-0.15, -0.1) is 0 Å². The first-order valence-electron chi connectivity index (χ1n) is 10.7. The first kappa shape index (κ1) is 21.7. The largest absolute Gasteiger partial charge is 0.339 e. The highest BCUT2D eigenvalue weighted by atomic mass is 32.2. The van der Waals surface area contributed by atoms with Crippen molar-refractivity contribution in [1.29, 1.82) is 0 Å². The van der Waals surface area contributed by atoms with Crippen molar-refractivity contribution >= 4 is 10.0 Å². The summed E-state index contributed by atoms with van der Waals surface area (Å²) in [6.07, 6.45) is 6.98. The molecule has 0 fully saturated rings. The molecular weight excluding hydrogens is 413 g/mol. The fourth-order valence-electron chi connectivity index (χ4n) is 4.61. The van der Waals surface area contributed by atoms with Crippen LogP contribution in [0, 0.1) is 11.7 Å². The number of fused-ring (bicyclic) bond motifs is 1. The molecule has 1 heterocycles. The normalized spacial score (nSPS) is 18.3. The van der Waals surface area contributed by atoms with Gasteiger partial charge >= 0.3 is 0 Å². The Balaban J connectivity index is 1.55. The van der Waals surface area contributed by atoms with Gasteiger partial charge in [0, 0.05) is 19.8 Å². The van der Waals surface area contributed by atoms with E-state index in [4.69, 9.17) is 0 Å².